The molecule has 0 amide bonds. The second-order valence-electron chi connectivity index (χ2n) is 6.14. The molecule has 4 nitrogen and oxygen atoms in total. The molecule has 4 rings (SSSR count). The van der Waals surface area contributed by atoms with Crippen molar-refractivity contribution in [2.45, 2.75) is 25.4 Å². The van der Waals surface area contributed by atoms with Gasteiger partial charge >= 0.3 is 0 Å². The highest BCUT2D eigenvalue weighted by molar-refractivity contribution is 5.52. The van der Waals surface area contributed by atoms with Crippen molar-refractivity contribution in [3.05, 3.63) is 42.3 Å². The fraction of sp³-hybridized carbons (Fsp3) is 0.471. The Balaban J connectivity index is 1.42. The van der Waals surface area contributed by atoms with Crippen LogP contribution in [0.4, 0.5) is 0 Å². The number of piperidine rings is 1. The standard InChI is InChI=1S/C17H21N3O/c1-2-4-13(5-3-1)17-19-15(12-21-17)11-20-9-7-16-14(10-20)6-8-18-16/h1-5,12,14,16,18H,6-11H2. The molecule has 0 spiro atoms. The van der Waals surface area contributed by atoms with Crippen LogP contribution in [0, 0.1) is 5.92 Å². The molecular weight excluding hydrogens is 262 g/mol. The molecule has 0 radical (unpaired) electrons. The van der Waals surface area contributed by atoms with Gasteiger partial charge in [0, 0.05) is 31.2 Å². The average Bonchev–Trinajstić information content (AvgIpc) is 3.17. The number of oxazole rings is 1. The first kappa shape index (κ1) is 13.0. The lowest BCUT2D eigenvalue weighted by molar-refractivity contribution is 0.154. The van der Waals surface area contributed by atoms with E-state index in [1.54, 1.807) is 6.26 Å². The zero-order chi connectivity index (χ0) is 14.1. The average molecular weight is 283 g/mol. The summed E-state index contributed by atoms with van der Waals surface area (Å²) in [6, 6.07) is 10.8. The van der Waals surface area contributed by atoms with E-state index in [9.17, 15) is 0 Å². The third-order valence-electron chi connectivity index (χ3n) is 4.70. The highest BCUT2D eigenvalue weighted by atomic mass is 16.3. The Morgan fingerprint density at radius 3 is 3.05 bits per heavy atom. The Morgan fingerprint density at radius 1 is 1.24 bits per heavy atom. The van der Waals surface area contributed by atoms with Gasteiger partial charge in [-0.3, -0.25) is 4.90 Å². The first-order valence-electron chi connectivity index (χ1n) is 7.84. The summed E-state index contributed by atoms with van der Waals surface area (Å²) in [6.07, 6.45) is 4.38. The third kappa shape index (κ3) is 2.74. The van der Waals surface area contributed by atoms with Gasteiger partial charge in [-0.1, -0.05) is 18.2 Å². The van der Waals surface area contributed by atoms with Gasteiger partial charge in [-0.05, 0) is 37.4 Å². The predicted octanol–water partition coefficient (Wildman–Crippen LogP) is 2.53. The second kappa shape index (κ2) is 5.62. The van der Waals surface area contributed by atoms with Crippen molar-refractivity contribution < 1.29 is 4.42 Å². The molecule has 0 aliphatic carbocycles. The number of nitrogens with one attached hydrogen (secondary N) is 1. The number of hydrogen-bond donors (Lipinski definition) is 1. The highest BCUT2D eigenvalue weighted by Crippen LogP contribution is 2.26. The van der Waals surface area contributed by atoms with Gasteiger partial charge in [0.1, 0.15) is 6.26 Å². The van der Waals surface area contributed by atoms with Crippen LogP contribution in [0.25, 0.3) is 11.5 Å². The fourth-order valence-electron chi connectivity index (χ4n) is 3.59. The van der Waals surface area contributed by atoms with Crippen molar-refractivity contribution in [3.63, 3.8) is 0 Å². The summed E-state index contributed by atoms with van der Waals surface area (Å²) >= 11 is 0. The minimum atomic E-state index is 0.725. The molecule has 2 aliphatic heterocycles. The van der Waals surface area contributed by atoms with Gasteiger partial charge in [0.25, 0.3) is 0 Å². The summed E-state index contributed by atoms with van der Waals surface area (Å²) in [7, 11) is 0. The lowest BCUT2D eigenvalue weighted by Gasteiger charge is -2.34. The number of aromatic nitrogens is 1. The smallest absolute Gasteiger partial charge is 0.226 e. The van der Waals surface area contributed by atoms with Crippen molar-refractivity contribution in [1.82, 2.24) is 15.2 Å². The van der Waals surface area contributed by atoms with Crippen LogP contribution in [0.3, 0.4) is 0 Å². The molecule has 2 atom stereocenters. The van der Waals surface area contributed by atoms with Crippen molar-refractivity contribution in [3.8, 4) is 11.5 Å². The van der Waals surface area contributed by atoms with E-state index in [-0.39, 0.29) is 0 Å². The topological polar surface area (TPSA) is 41.3 Å². The molecular formula is C17H21N3O. The van der Waals surface area contributed by atoms with Crippen LogP contribution in [0.5, 0.6) is 0 Å². The summed E-state index contributed by atoms with van der Waals surface area (Å²) in [5.41, 5.74) is 2.08. The van der Waals surface area contributed by atoms with E-state index in [4.69, 9.17) is 4.42 Å². The highest BCUT2D eigenvalue weighted by Gasteiger charge is 2.32. The Bertz CT molecular complexity index is 595. The number of rotatable bonds is 3. The lowest BCUT2D eigenvalue weighted by atomic mass is 9.93. The van der Waals surface area contributed by atoms with Crippen LogP contribution in [0.15, 0.2) is 41.0 Å². The summed E-state index contributed by atoms with van der Waals surface area (Å²) in [5, 5.41) is 3.61. The summed E-state index contributed by atoms with van der Waals surface area (Å²) < 4.78 is 5.63. The second-order valence-corrected chi connectivity index (χ2v) is 6.14. The number of fused-ring (bicyclic) bond motifs is 1. The van der Waals surface area contributed by atoms with Crippen LogP contribution < -0.4 is 5.32 Å². The molecule has 2 aliphatic rings. The molecule has 1 aromatic heterocycles. The predicted molar refractivity (Wildman–Crippen MR) is 81.7 cm³/mol. The molecule has 3 heterocycles. The lowest BCUT2D eigenvalue weighted by Crippen LogP contribution is -2.43. The van der Waals surface area contributed by atoms with E-state index in [1.165, 1.54) is 25.9 Å². The zero-order valence-electron chi connectivity index (χ0n) is 12.2. The Kier molecular flexibility index (Phi) is 3.49. The Labute approximate surface area is 125 Å². The number of hydrogen-bond acceptors (Lipinski definition) is 4. The number of nitrogens with zero attached hydrogens (tertiary/aromatic N) is 2. The number of benzene rings is 1. The Hall–Kier alpha value is -1.65. The summed E-state index contributed by atoms with van der Waals surface area (Å²) in [5.74, 6) is 1.54. The van der Waals surface area contributed by atoms with Crippen LogP contribution in [0.2, 0.25) is 0 Å². The fourth-order valence-corrected chi connectivity index (χ4v) is 3.59. The first-order valence-corrected chi connectivity index (χ1v) is 7.84. The van der Waals surface area contributed by atoms with Gasteiger partial charge in [-0.15, -0.1) is 0 Å². The van der Waals surface area contributed by atoms with E-state index in [0.29, 0.717) is 0 Å². The monoisotopic (exact) mass is 283 g/mol. The molecule has 110 valence electrons. The van der Waals surface area contributed by atoms with E-state index in [2.05, 4.69) is 15.2 Å². The Morgan fingerprint density at radius 2 is 2.14 bits per heavy atom. The summed E-state index contributed by atoms with van der Waals surface area (Å²) in [4.78, 5) is 7.15. The van der Waals surface area contributed by atoms with E-state index >= 15 is 0 Å². The van der Waals surface area contributed by atoms with Gasteiger partial charge in [0.15, 0.2) is 0 Å². The quantitative estimate of drug-likeness (QED) is 0.940. The molecule has 2 unspecified atom stereocenters. The van der Waals surface area contributed by atoms with E-state index in [0.717, 1.165) is 42.2 Å². The van der Waals surface area contributed by atoms with E-state index < -0.39 is 0 Å². The van der Waals surface area contributed by atoms with Gasteiger partial charge in [0.2, 0.25) is 5.89 Å². The van der Waals surface area contributed by atoms with Crippen LogP contribution in [-0.4, -0.2) is 35.6 Å². The number of likely N-dealkylation sites (tertiary alicyclic amines) is 1. The molecule has 1 N–H and O–H groups in total. The van der Waals surface area contributed by atoms with Crippen molar-refractivity contribution >= 4 is 0 Å². The molecule has 0 bridgehead atoms. The SMILES string of the molecule is c1ccc(-c2nc(CN3CCC4NCCC4C3)co2)cc1. The van der Waals surface area contributed by atoms with Crippen molar-refractivity contribution in [2.75, 3.05) is 19.6 Å². The molecule has 0 saturated carbocycles. The van der Waals surface area contributed by atoms with Gasteiger partial charge in [0.05, 0.1) is 5.69 Å². The van der Waals surface area contributed by atoms with Gasteiger partial charge in [-0.25, -0.2) is 4.98 Å². The van der Waals surface area contributed by atoms with Crippen molar-refractivity contribution in [2.24, 2.45) is 5.92 Å². The first-order chi connectivity index (χ1) is 10.4. The van der Waals surface area contributed by atoms with Crippen LogP contribution in [0.1, 0.15) is 18.5 Å². The molecule has 2 fully saturated rings. The zero-order valence-corrected chi connectivity index (χ0v) is 12.2. The normalized spacial score (nSPS) is 25.9. The minimum Gasteiger partial charge on any atom is -0.444 e. The molecule has 1 aromatic carbocycles. The molecule has 2 saturated heterocycles. The summed E-state index contributed by atoms with van der Waals surface area (Å²) in [6.45, 7) is 4.43. The van der Waals surface area contributed by atoms with E-state index in [1.807, 2.05) is 30.3 Å². The maximum atomic E-state index is 5.63. The largest absolute Gasteiger partial charge is 0.444 e. The van der Waals surface area contributed by atoms with Crippen LogP contribution >= 0.6 is 0 Å². The third-order valence-corrected chi connectivity index (χ3v) is 4.70. The minimum absolute atomic E-state index is 0.725. The maximum absolute atomic E-state index is 5.63. The maximum Gasteiger partial charge on any atom is 0.226 e. The van der Waals surface area contributed by atoms with Crippen LogP contribution in [-0.2, 0) is 6.54 Å². The van der Waals surface area contributed by atoms with Crippen molar-refractivity contribution in [1.29, 1.82) is 0 Å². The van der Waals surface area contributed by atoms with Gasteiger partial charge < -0.3 is 9.73 Å². The molecule has 2 aromatic rings. The van der Waals surface area contributed by atoms with Gasteiger partial charge in [-0.2, -0.15) is 0 Å². The molecule has 4 heteroatoms. The molecule has 21 heavy (non-hydrogen) atoms.